The zero-order valence-corrected chi connectivity index (χ0v) is 18.8. The summed E-state index contributed by atoms with van der Waals surface area (Å²) in [6.07, 6.45) is 5.07. The van der Waals surface area contributed by atoms with Crippen molar-refractivity contribution in [2.24, 2.45) is 4.99 Å². The molecule has 0 radical (unpaired) electrons. The number of carbonyl (C=O) groups excluding carboxylic acids is 1. The third-order valence-electron chi connectivity index (χ3n) is 4.13. The second-order valence-corrected chi connectivity index (χ2v) is 7.00. The van der Waals surface area contributed by atoms with Gasteiger partial charge in [0.1, 0.15) is 0 Å². The molecule has 1 saturated carbocycles. The lowest BCUT2D eigenvalue weighted by Gasteiger charge is -2.14. The highest BCUT2D eigenvalue weighted by Crippen LogP contribution is 2.21. The topological polar surface area (TPSA) is 65.5 Å². The Balaban J connectivity index is 0.00000338. The molecule has 0 unspecified atom stereocenters. The second kappa shape index (κ2) is 12.6. The fraction of sp³-hybridized carbons (Fsp3) is 0.556. The van der Waals surface area contributed by atoms with Gasteiger partial charge in [0.05, 0.1) is 6.54 Å². The molecule has 8 heteroatoms. The first-order chi connectivity index (χ1) is 12.1. The molecule has 0 heterocycles. The van der Waals surface area contributed by atoms with Crippen LogP contribution in [-0.2, 0) is 11.3 Å². The number of nitrogens with one attached hydrogen (secondary N) is 3. The van der Waals surface area contributed by atoms with Crippen LogP contribution in [0.2, 0.25) is 10.0 Å². The smallest absolute Gasteiger partial charge is 0.221 e. The highest BCUT2D eigenvalue weighted by molar-refractivity contribution is 14.0. The standard InChI is InChI=1S/C18H26Cl2N4O.HI/c1-2-21-18(23-12-13-7-8-14(19)11-16(13)20)22-10-9-17(25)24-15-5-3-4-6-15;/h7-8,11,15H,2-6,9-10,12H2,1H3,(H,24,25)(H2,21,22,23);1H. The van der Waals surface area contributed by atoms with Crippen LogP contribution in [0.1, 0.15) is 44.6 Å². The lowest BCUT2D eigenvalue weighted by atomic mass is 10.2. The van der Waals surface area contributed by atoms with Gasteiger partial charge in [-0.1, -0.05) is 42.1 Å². The number of halogens is 3. The van der Waals surface area contributed by atoms with Gasteiger partial charge < -0.3 is 16.0 Å². The summed E-state index contributed by atoms with van der Waals surface area (Å²) in [6, 6.07) is 5.74. The Bertz CT molecular complexity index is 607. The van der Waals surface area contributed by atoms with Crippen molar-refractivity contribution in [3.05, 3.63) is 33.8 Å². The molecule has 0 spiro atoms. The molecule has 1 aromatic rings. The summed E-state index contributed by atoms with van der Waals surface area (Å²) in [6.45, 7) is 3.73. The number of nitrogens with zero attached hydrogens (tertiary/aromatic N) is 1. The molecule has 1 aliphatic carbocycles. The maximum Gasteiger partial charge on any atom is 0.221 e. The molecule has 0 saturated heterocycles. The number of hydrogen-bond donors (Lipinski definition) is 3. The van der Waals surface area contributed by atoms with E-state index in [4.69, 9.17) is 23.2 Å². The summed E-state index contributed by atoms with van der Waals surface area (Å²) in [7, 11) is 0. The molecule has 0 atom stereocenters. The van der Waals surface area contributed by atoms with Gasteiger partial charge in [-0.25, -0.2) is 4.99 Å². The minimum atomic E-state index is 0. The molecule has 1 aromatic carbocycles. The number of rotatable bonds is 7. The van der Waals surface area contributed by atoms with Crippen molar-refractivity contribution in [1.82, 2.24) is 16.0 Å². The Morgan fingerprint density at radius 3 is 2.62 bits per heavy atom. The maximum absolute atomic E-state index is 12.0. The monoisotopic (exact) mass is 512 g/mol. The first-order valence-corrected chi connectivity index (χ1v) is 9.59. The fourth-order valence-electron chi connectivity index (χ4n) is 2.82. The van der Waals surface area contributed by atoms with Crippen LogP contribution in [0.5, 0.6) is 0 Å². The van der Waals surface area contributed by atoms with Gasteiger partial charge in [-0.15, -0.1) is 24.0 Å². The van der Waals surface area contributed by atoms with Crippen molar-refractivity contribution in [3.8, 4) is 0 Å². The van der Waals surface area contributed by atoms with E-state index in [0.717, 1.165) is 24.9 Å². The average Bonchev–Trinajstić information content (AvgIpc) is 3.06. The van der Waals surface area contributed by atoms with Gasteiger partial charge in [0, 0.05) is 35.6 Å². The van der Waals surface area contributed by atoms with Crippen molar-refractivity contribution < 1.29 is 4.79 Å². The van der Waals surface area contributed by atoms with Gasteiger partial charge >= 0.3 is 0 Å². The van der Waals surface area contributed by atoms with Crippen molar-refractivity contribution >= 4 is 59.0 Å². The van der Waals surface area contributed by atoms with Crippen LogP contribution < -0.4 is 16.0 Å². The molecule has 146 valence electrons. The molecular weight excluding hydrogens is 486 g/mol. The van der Waals surface area contributed by atoms with E-state index >= 15 is 0 Å². The van der Waals surface area contributed by atoms with E-state index in [-0.39, 0.29) is 29.9 Å². The van der Waals surface area contributed by atoms with Crippen molar-refractivity contribution in [2.75, 3.05) is 13.1 Å². The predicted octanol–water partition coefficient (Wildman–Crippen LogP) is 4.12. The summed E-state index contributed by atoms with van der Waals surface area (Å²) in [5.74, 6) is 0.762. The Morgan fingerprint density at radius 1 is 1.23 bits per heavy atom. The molecular formula is C18H27Cl2IN4O. The van der Waals surface area contributed by atoms with E-state index in [1.807, 2.05) is 13.0 Å². The zero-order valence-electron chi connectivity index (χ0n) is 15.0. The van der Waals surface area contributed by atoms with Gasteiger partial charge in [-0.2, -0.15) is 0 Å². The van der Waals surface area contributed by atoms with Gasteiger partial charge in [-0.3, -0.25) is 4.79 Å². The van der Waals surface area contributed by atoms with E-state index in [9.17, 15) is 4.79 Å². The average molecular weight is 513 g/mol. The Hall–Kier alpha value is -0.730. The molecule has 2 rings (SSSR count). The van der Waals surface area contributed by atoms with E-state index in [2.05, 4.69) is 20.9 Å². The summed E-state index contributed by atoms with van der Waals surface area (Å²) in [5, 5.41) is 10.6. The third kappa shape index (κ3) is 8.31. The molecule has 1 aliphatic rings. The molecule has 0 bridgehead atoms. The fourth-order valence-corrected chi connectivity index (χ4v) is 3.29. The quantitative estimate of drug-likeness (QED) is 0.292. The molecule has 26 heavy (non-hydrogen) atoms. The molecule has 5 nitrogen and oxygen atoms in total. The Morgan fingerprint density at radius 2 is 1.96 bits per heavy atom. The molecule has 3 N–H and O–H groups in total. The summed E-state index contributed by atoms with van der Waals surface area (Å²) < 4.78 is 0. The maximum atomic E-state index is 12.0. The van der Waals surface area contributed by atoms with Crippen LogP contribution in [0.3, 0.4) is 0 Å². The van der Waals surface area contributed by atoms with E-state index < -0.39 is 0 Å². The molecule has 0 aromatic heterocycles. The highest BCUT2D eigenvalue weighted by Gasteiger charge is 2.16. The van der Waals surface area contributed by atoms with Crippen LogP contribution in [-0.4, -0.2) is 31.0 Å². The number of amides is 1. The van der Waals surface area contributed by atoms with E-state index in [1.165, 1.54) is 12.8 Å². The Kier molecular flexibility index (Phi) is 11.3. The SMILES string of the molecule is CCNC(=NCc1ccc(Cl)cc1Cl)NCCC(=O)NC1CCCC1.I. The lowest BCUT2D eigenvalue weighted by Crippen LogP contribution is -2.40. The van der Waals surface area contributed by atoms with Crippen LogP contribution >= 0.6 is 47.2 Å². The Labute approximate surface area is 182 Å². The van der Waals surface area contributed by atoms with Gasteiger partial charge in [0.2, 0.25) is 5.91 Å². The third-order valence-corrected chi connectivity index (χ3v) is 4.72. The normalized spacial score (nSPS) is 14.7. The highest BCUT2D eigenvalue weighted by atomic mass is 127. The van der Waals surface area contributed by atoms with E-state index in [0.29, 0.717) is 41.6 Å². The van der Waals surface area contributed by atoms with Crippen molar-refractivity contribution in [3.63, 3.8) is 0 Å². The number of benzene rings is 1. The summed E-state index contributed by atoms with van der Waals surface area (Å²) in [4.78, 5) is 16.5. The summed E-state index contributed by atoms with van der Waals surface area (Å²) in [5.41, 5.74) is 0.905. The van der Waals surface area contributed by atoms with Gasteiger partial charge in [-0.05, 0) is 37.5 Å². The molecule has 0 aliphatic heterocycles. The number of carbonyl (C=O) groups is 1. The first kappa shape index (κ1) is 23.3. The van der Waals surface area contributed by atoms with E-state index in [1.54, 1.807) is 12.1 Å². The number of hydrogen-bond acceptors (Lipinski definition) is 2. The molecule has 1 fully saturated rings. The van der Waals surface area contributed by atoms with Crippen LogP contribution in [0, 0.1) is 0 Å². The predicted molar refractivity (Wildman–Crippen MR) is 120 cm³/mol. The second-order valence-electron chi connectivity index (χ2n) is 6.16. The summed E-state index contributed by atoms with van der Waals surface area (Å²) >= 11 is 12.1. The van der Waals surface area contributed by atoms with Crippen LogP contribution in [0.15, 0.2) is 23.2 Å². The van der Waals surface area contributed by atoms with Crippen molar-refractivity contribution in [2.45, 2.75) is 51.6 Å². The number of guanidine groups is 1. The van der Waals surface area contributed by atoms with Gasteiger partial charge in [0.25, 0.3) is 0 Å². The van der Waals surface area contributed by atoms with Crippen LogP contribution in [0.25, 0.3) is 0 Å². The zero-order chi connectivity index (χ0) is 18.1. The molecule has 1 amide bonds. The first-order valence-electron chi connectivity index (χ1n) is 8.84. The largest absolute Gasteiger partial charge is 0.357 e. The number of aliphatic imine (C=N–C) groups is 1. The minimum absolute atomic E-state index is 0. The minimum Gasteiger partial charge on any atom is -0.357 e. The van der Waals surface area contributed by atoms with Crippen molar-refractivity contribution in [1.29, 1.82) is 0 Å². The lowest BCUT2D eigenvalue weighted by molar-refractivity contribution is -0.121. The van der Waals surface area contributed by atoms with Crippen LogP contribution in [0.4, 0.5) is 0 Å². The van der Waals surface area contributed by atoms with Gasteiger partial charge in [0.15, 0.2) is 5.96 Å².